The average Bonchev–Trinajstić information content (AvgIpc) is 3.29. The second-order valence-corrected chi connectivity index (χ2v) is 8.40. The molecule has 0 aliphatic rings. The Morgan fingerprint density at radius 1 is 1.00 bits per heavy atom. The standard InChI is InChI=1S/C25H15N5O2S/c26-10-5-11-29-20-12-22(19-9-4-1-6-16(19)13-27)33-23(20)24(31)30(25(29)32)21-15-28-14-17-7-2-3-8-18(17)21/h1-4,6-9,12,14-15H,5,11H2. The molecule has 0 saturated carbocycles. The van der Waals surface area contributed by atoms with Crippen molar-refractivity contribution in [1.29, 1.82) is 10.5 Å². The van der Waals surface area contributed by atoms with E-state index in [0.29, 0.717) is 31.9 Å². The number of aromatic nitrogens is 3. The van der Waals surface area contributed by atoms with Crippen molar-refractivity contribution in [3.63, 3.8) is 0 Å². The number of rotatable bonds is 4. The molecule has 0 amide bonds. The van der Waals surface area contributed by atoms with E-state index in [-0.39, 0.29) is 13.0 Å². The summed E-state index contributed by atoms with van der Waals surface area (Å²) in [6.45, 7) is 0.139. The predicted octanol–water partition coefficient (Wildman–Crippen LogP) is 4.21. The van der Waals surface area contributed by atoms with Gasteiger partial charge in [0.25, 0.3) is 5.56 Å². The highest BCUT2D eigenvalue weighted by Gasteiger charge is 2.20. The summed E-state index contributed by atoms with van der Waals surface area (Å²) in [5, 5.41) is 20.2. The Morgan fingerprint density at radius 2 is 1.79 bits per heavy atom. The second-order valence-electron chi connectivity index (χ2n) is 7.35. The highest BCUT2D eigenvalue weighted by molar-refractivity contribution is 7.22. The Hall–Kier alpha value is -4.53. The molecule has 0 bridgehead atoms. The van der Waals surface area contributed by atoms with Crippen LogP contribution in [-0.4, -0.2) is 14.1 Å². The van der Waals surface area contributed by atoms with Crippen LogP contribution >= 0.6 is 11.3 Å². The molecular formula is C25H15N5O2S. The van der Waals surface area contributed by atoms with Gasteiger partial charge in [-0.15, -0.1) is 11.3 Å². The minimum atomic E-state index is -0.529. The SMILES string of the molecule is N#CCCn1c(=O)n(-c2cncc3ccccc23)c(=O)c2sc(-c3ccccc3C#N)cc21. The van der Waals surface area contributed by atoms with Gasteiger partial charge >= 0.3 is 5.69 Å². The molecule has 5 rings (SSSR count). The molecule has 0 aliphatic heterocycles. The van der Waals surface area contributed by atoms with E-state index in [1.54, 1.807) is 24.4 Å². The summed E-state index contributed by atoms with van der Waals surface area (Å²) in [5.41, 5.74) is 1.04. The first-order valence-corrected chi connectivity index (χ1v) is 10.9. The molecule has 0 N–H and O–H groups in total. The molecule has 0 unspecified atom stereocenters. The number of fused-ring (bicyclic) bond motifs is 2. The summed E-state index contributed by atoms with van der Waals surface area (Å²) >= 11 is 1.23. The molecule has 0 saturated heterocycles. The number of nitrogens with zero attached hydrogens (tertiary/aromatic N) is 5. The van der Waals surface area contributed by atoms with Crippen LogP contribution in [0, 0.1) is 22.7 Å². The fourth-order valence-electron chi connectivity index (χ4n) is 3.94. The van der Waals surface area contributed by atoms with Crippen molar-refractivity contribution in [3.05, 3.63) is 93.4 Å². The van der Waals surface area contributed by atoms with Crippen LogP contribution in [0.25, 0.3) is 37.1 Å². The third kappa shape index (κ3) is 3.30. The highest BCUT2D eigenvalue weighted by Crippen LogP contribution is 2.33. The van der Waals surface area contributed by atoms with E-state index >= 15 is 0 Å². The maximum absolute atomic E-state index is 13.6. The van der Waals surface area contributed by atoms with E-state index in [9.17, 15) is 14.9 Å². The van der Waals surface area contributed by atoms with Crippen LogP contribution in [-0.2, 0) is 6.54 Å². The molecule has 33 heavy (non-hydrogen) atoms. The molecule has 7 nitrogen and oxygen atoms in total. The Kier molecular flexibility index (Phi) is 5.06. The molecule has 0 radical (unpaired) electrons. The van der Waals surface area contributed by atoms with Crippen molar-refractivity contribution in [1.82, 2.24) is 14.1 Å². The first-order valence-electron chi connectivity index (χ1n) is 10.1. The van der Waals surface area contributed by atoms with Crippen molar-refractivity contribution in [2.45, 2.75) is 13.0 Å². The van der Waals surface area contributed by atoms with Crippen LogP contribution in [0.1, 0.15) is 12.0 Å². The van der Waals surface area contributed by atoms with Gasteiger partial charge in [0, 0.05) is 34.0 Å². The maximum atomic E-state index is 13.6. The summed E-state index contributed by atoms with van der Waals surface area (Å²) in [4.78, 5) is 32.1. The van der Waals surface area contributed by atoms with E-state index in [4.69, 9.17) is 5.26 Å². The Balaban J connectivity index is 1.87. The van der Waals surface area contributed by atoms with Crippen molar-refractivity contribution in [3.8, 4) is 28.3 Å². The maximum Gasteiger partial charge on any atom is 0.336 e. The van der Waals surface area contributed by atoms with Gasteiger partial charge in [0.15, 0.2) is 0 Å². The van der Waals surface area contributed by atoms with E-state index in [1.807, 2.05) is 36.4 Å². The van der Waals surface area contributed by atoms with E-state index in [1.165, 1.54) is 22.1 Å². The van der Waals surface area contributed by atoms with Gasteiger partial charge in [0.1, 0.15) is 4.70 Å². The highest BCUT2D eigenvalue weighted by atomic mass is 32.1. The number of thiophene rings is 1. The minimum absolute atomic E-state index is 0.112. The topological polar surface area (TPSA) is 104 Å². The molecule has 0 aliphatic carbocycles. The largest absolute Gasteiger partial charge is 0.336 e. The lowest BCUT2D eigenvalue weighted by atomic mass is 10.1. The number of pyridine rings is 1. The lowest BCUT2D eigenvalue weighted by molar-refractivity contribution is 0.663. The van der Waals surface area contributed by atoms with Crippen molar-refractivity contribution < 1.29 is 0 Å². The van der Waals surface area contributed by atoms with Gasteiger partial charge in [-0.3, -0.25) is 14.3 Å². The molecular weight excluding hydrogens is 434 g/mol. The zero-order valence-electron chi connectivity index (χ0n) is 17.2. The number of benzene rings is 2. The fraction of sp³-hybridized carbons (Fsp3) is 0.0800. The normalized spacial score (nSPS) is 10.8. The molecule has 3 heterocycles. The Labute approximate surface area is 191 Å². The number of nitriles is 2. The molecule has 8 heteroatoms. The summed E-state index contributed by atoms with van der Waals surface area (Å²) in [6, 6.07) is 20.5. The van der Waals surface area contributed by atoms with Gasteiger partial charge in [-0.1, -0.05) is 42.5 Å². The van der Waals surface area contributed by atoms with Gasteiger partial charge in [0.2, 0.25) is 0 Å². The van der Waals surface area contributed by atoms with Gasteiger partial charge in [-0.25, -0.2) is 9.36 Å². The van der Waals surface area contributed by atoms with E-state index < -0.39 is 11.2 Å². The lowest BCUT2D eigenvalue weighted by Crippen LogP contribution is -2.38. The average molecular weight is 449 g/mol. The van der Waals surface area contributed by atoms with E-state index in [2.05, 4.69) is 17.1 Å². The quantitative estimate of drug-likeness (QED) is 0.409. The molecule has 0 spiro atoms. The zero-order chi connectivity index (χ0) is 22.9. The van der Waals surface area contributed by atoms with Gasteiger partial charge in [-0.05, 0) is 12.1 Å². The number of hydrogen-bond acceptors (Lipinski definition) is 6. The van der Waals surface area contributed by atoms with Crippen LogP contribution in [0.15, 0.2) is 76.6 Å². The van der Waals surface area contributed by atoms with E-state index in [0.717, 1.165) is 15.3 Å². The van der Waals surface area contributed by atoms with Gasteiger partial charge < -0.3 is 0 Å². The number of aryl methyl sites for hydroxylation is 1. The first kappa shape index (κ1) is 20.4. The van der Waals surface area contributed by atoms with Crippen LogP contribution in [0.3, 0.4) is 0 Å². The zero-order valence-corrected chi connectivity index (χ0v) is 18.0. The summed E-state index contributed by atoms with van der Waals surface area (Å²) in [7, 11) is 0. The van der Waals surface area contributed by atoms with Gasteiger partial charge in [-0.2, -0.15) is 10.5 Å². The monoisotopic (exact) mass is 449 g/mol. The minimum Gasteiger partial charge on any atom is -0.291 e. The van der Waals surface area contributed by atoms with Crippen LogP contribution in [0.5, 0.6) is 0 Å². The first-order chi connectivity index (χ1) is 16.1. The van der Waals surface area contributed by atoms with Crippen molar-refractivity contribution in [2.75, 3.05) is 0 Å². The number of hydrogen-bond donors (Lipinski definition) is 0. The second kappa shape index (κ2) is 8.19. The third-order valence-electron chi connectivity index (χ3n) is 5.47. The fourth-order valence-corrected chi connectivity index (χ4v) is 5.08. The van der Waals surface area contributed by atoms with Crippen molar-refractivity contribution >= 4 is 32.3 Å². The summed E-state index contributed by atoms with van der Waals surface area (Å²) in [5.74, 6) is 0. The van der Waals surface area contributed by atoms with Gasteiger partial charge in [0.05, 0.1) is 41.5 Å². The third-order valence-corrected chi connectivity index (χ3v) is 6.62. The molecule has 158 valence electrons. The molecule has 3 aromatic heterocycles. The summed E-state index contributed by atoms with van der Waals surface area (Å²) in [6.07, 6.45) is 3.30. The lowest BCUT2D eigenvalue weighted by Gasteiger charge is -2.12. The smallest absolute Gasteiger partial charge is 0.291 e. The van der Waals surface area contributed by atoms with Crippen LogP contribution in [0.4, 0.5) is 0 Å². The Morgan fingerprint density at radius 3 is 2.61 bits per heavy atom. The predicted molar refractivity (Wildman–Crippen MR) is 127 cm³/mol. The Bertz CT molecular complexity index is 1740. The summed E-state index contributed by atoms with van der Waals surface area (Å²) < 4.78 is 2.96. The van der Waals surface area contributed by atoms with Crippen LogP contribution < -0.4 is 11.2 Å². The molecule has 5 aromatic rings. The van der Waals surface area contributed by atoms with Crippen LogP contribution in [0.2, 0.25) is 0 Å². The molecule has 0 fully saturated rings. The molecule has 0 atom stereocenters. The molecule has 2 aromatic carbocycles. The van der Waals surface area contributed by atoms with Crippen molar-refractivity contribution in [2.24, 2.45) is 0 Å².